The Morgan fingerprint density at radius 1 is 1.41 bits per heavy atom. The molecule has 1 aromatic heterocycles. The van der Waals surface area contributed by atoms with E-state index in [1.54, 1.807) is 11.3 Å². The van der Waals surface area contributed by atoms with E-state index in [1.807, 2.05) is 17.5 Å². The lowest BCUT2D eigenvalue weighted by atomic mass is 9.86. The van der Waals surface area contributed by atoms with Crippen LogP contribution in [-0.2, 0) is 0 Å². The van der Waals surface area contributed by atoms with Crippen molar-refractivity contribution in [2.24, 2.45) is 5.92 Å². The molecule has 2 rings (SSSR count). The quantitative estimate of drug-likeness (QED) is 0.753. The molecule has 3 atom stereocenters. The monoisotopic (exact) mass is 255 g/mol. The molecule has 17 heavy (non-hydrogen) atoms. The lowest BCUT2D eigenvalue weighted by Gasteiger charge is -2.28. The van der Waals surface area contributed by atoms with Crippen molar-refractivity contribution in [2.75, 3.05) is 13.1 Å². The summed E-state index contributed by atoms with van der Waals surface area (Å²) in [6.45, 7) is 1.38. The SMILES string of the molecule is OC(CNCC1CCCCC1O)c1cccs1. The number of aliphatic hydroxyl groups excluding tert-OH is 2. The molecule has 0 radical (unpaired) electrons. The third-order valence-corrected chi connectivity index (χ3v) is 4.46. The van der Waals surface area contributed by atoms with Crippen LogP contribution in [0.15, 0.2) is 17.5 Å². The first-order valence-electron chi connectivity index (χ1n) is 6.37. The van der Waals surface area contributed by atoms with Crippen molar-refractivity contribution in [1.82, 2.24) is 5.32 Å². The summed E-state index contributed by atoms with van der Waals surface area (Å²) in [6.07, 6.45) is 3.82. The van der Waals surface area contributed by atoms with Crippen molar-refractivity contribution >= 4 is 11.3 Å². The van der Waals surface area contributed by atoms with Crippen molar-refractivity contribution in [2.45, 2.75) is 37.9 Å². The van der Waals surface area contributed by atoms with Gasteiger partial charge in [0.15, 0.2) is 0 Å². The highest BCUT2D eigenvalue weighted by atomic mass is 32.1. The van der Waals surface area contributed by atoms with Gasteiger partial charge in [-0.2, -0.15) is 0 Å². The van der Waals surface area contributed by atoms with E-state index in [0.717, 1.165) is 30.7 Å². The van der Waals surface area contributed by atoms with E-state index in [0.29, 0.717) is 12.5 Å². The van der Waals surface area contributed by atoms with Crippen molar-refractivity contribution in [3.05, 3.63) is 22.4 Å². The number of rotatable bonds is 5. The fourth-order valence-electron chi connectivity index (χ4n) is 2.41. The summed E-state index contributed by atoms with van der Waals surface area (Å²) in [5, 5.41) is 25.0. The molecule has 1 saturated carbocycles. The molecule has 0 bridgehead atoms. The van der Waals surface area contributed by atoms with Gasteiger partial charge in [0.05, 0.1) is 6.10 Å². The number of thiophene rings is 1. The zero-order valence-electron chi connectivity index (χ0n) is 10.0. The molecule has 3 unspecified atom stereocenters. The molecule has 4 heteroatoms. The first-order chi connectivity index (χ1) is 8.27. The predicted octanol–water partition coefficient (Wildman–Crippen LogP) is 1.92. The van der Waals surface area contributed by atoms with Crippen LogP contribution in [0.3, 0.4) is 0 Å². The zero-order valence-corrected chi connectivity index (χ0v) is 10.8. The first kappa shape index (κ1) is 13.0. The molecule has 96 valence electrons. The summed E-state index contributed by atoms with van der Waals surface area (Å²) in [4.78, 5) is 1.00. The molecule has 0 aromatic carbocycles. The van der Waals surface area contributed by atoms with Crippen LogP contribution in [0.25, 0.3) is 0 Å². The number of hydrogen-bond donors (Lipinski definition) is 3. The first-order valence-corrected chi connectivity index (χ1v) is 7.25. The lowest BCUT2D eigenvalue weighted by molar-refractivity contribution is 0.0670. The number of aliphatic hydroxyl groups is 2. The maximum Gasteiger partial charge on any atom is 0.101 e. The summed E-state index contributed by atoms with van der Waals surface area (Å²) in [5.74, 6) is 0.360. The minimum atomic E-state index is -0.421. The van der Waals surface area contributed by atoms with Crippen LogP contribution in [0.2, 0.25) is 0 Å². The minimum absolute atomic E-state index is 0.157. The second-order valence-corrected chi connectivity index (χ2v) is 5.78. The average Bonchev–Trinajstić information content (AvgIpc) is 2.85. The molecule has 1 aromatic rings. The maximum absolute atomic E-state index is 9.89. The Labute approximate surface area is 106 Å². The molecule has 0 aliphatic heterocycles. The Hall–Kier alpha value is -0.420. The van der Waals surface area contributed by atoms with Crippen LogP contribution in [0.1, 0.15) is 36.7 Å². The Kier molecular flexibility index (Phi) is 4.98. The van der Waals surface area contributed by atoms with Crippen molar-refractivity contribution in [3.63, 3.8) is 0 Å². The molecular formula is C13H21NO2S. The molecule has 1 aliphatic carbocycles. The van der Waals surface area contributed by atoms with Gasteiger partial charge in [0, 0.05) is 18.0 Å². The fraction of sp³-hybridized carbons (Fsp3) is 0.692. The summed E-state index contributed by atoms with van der Waals surface area (Å²) in [6, 6.07) is 3.90. The molecule has 0 saturated heterocycles. The van der Waals surface area contributed by atoms with E-state index < -0.39 is 6.10 Å². The molecule has 3 nitrogen and oxygen atoms in total. The molecule has 1 aliphatic rings. The van der Waals surface area contributed by atoms with E-state index >= 15 is 0 Å². The van der Waals surface area contributed by atoms with Crippen molar-refractivity contribution in [1.29, 1.82) is 0 Å². The van der Waals surface area contributed by atoms with Gasteiger partial charge in [-0.15, -0.1) is 11.3 Å². The van der Waals surface area contributed by atoms with E-state index in [4.69, 9.17) is 0 Å². The second kappa shape index (κ2) is 6.50. The van der Waals surface area contributed by atoms with Gasteiger partial charge in [-0.05, 0) is 30.2 Å². The smallest absolute Gasteiger partial charge is 0.101 e. The average molecular weight is 255 g/mol. The summed E-state index contributed by atoms with van der Waals surface area (Å²) < 4.78 is 0. The fourth-order valence-corrected chi connectivity index (χ4v) is 3.12. The van der Waals surface area contributed by atoms with Gasteiger partial charge in [0.1, 0.15) is 6.10 Å². The zero-order chi connectivity index (χ0) is 12.1. The second-order valence-electron chi connectivity index (χ2n) is 4.80. The predicted molar refractivity (Wildman–Crippen MR) is 70.1 cm³/mol. The molecule has 1 heterocycles. The van der Waals surface area contributed by atoms with E-state index in [1.165, 1.54) is 6.42 Å². The van der Waals surface area contributed by atoms with Gasteiger partial charge in [0.25, 0.3) is 0 Å². The number of hydrogen-bond acceptors (Lipinski definition) is 4. The Bertz CT molecular complexity index is 315. The van der Waals surface area contributed by atoms with Crippen molar-refractivity contribution < 1.29 is 10.2 Å². The van der Waals surface area contributed by atoms with Crippen LogP contribution >= 0.6 is 11.3 Å². The Balaban J connectivity index is 1.68. The van der Waals surface area contributed by atoms with Crippen LogP contribution in [0.5, 0.6) is 0 Å². The topological polar surface area (TPSA) is 52.5 Å². The summed E-state index contributed by atoms with van der Waals surface area (Å²) in [5.41, 5.74) is 0. The van der Waals surface area contributed by atoms with Crippen LogP contribution in [-0.4, -0.2) is 29.4 Å². The Morgan fingerprint density at radius 2 is 2.24 bits per heavy atom. The Morgan fingerprint density at radius 3 is 2.94 bits per heavy atom. The van der Waals surface area contributed by atoms with Gasteiger partial charge in [0.2, 0.25) is 0 Å². The van der Waals surface area contributed by atoms with Gasteiger partial charge >= 0.3 is 0 Å². The summed E-state index contributed by atoms with van der Waals surface area (Å²) >= 11 is 1.58. The highest BCUT2D eigenvalue weighted by molar-refractivity contribution is 7.10. The standard InChI is InChI=1S/C13H21NO2S/c15-11-5-2-1-4-10(11)8-14-9-12(16)13-6-3-7-17-13/h3,6-7,10-12,14-16H,1-2,4-5,8-9H2. The third kappa shape index (κ3) is 3.78. The molecule has 1 fully saturated rings. The maximum atomic E-state index is 9.89. The lowest BCUT2D eigenvalue weighted by Crippen LogP contribution is -2.35. The normalized spacial score (nSPS) is 26.9. The van der Waals surface area contributed by atoms with E-state index in [-0.39, 0.29) is 6.10 Å². The van der Waals surface area contributed by atoms with Crippen LogP contribution < -0.4 is 5.32 Å². The molecular weight excluding hydrogens is 234 g/mol. The number of nitrogens with one attached hydrogen (secondary N) is 1. The van der Waals surface area contributed by atoms with Crippen LogP contribution in [0.4, 0.5) is 0 Å². The highest BCUT2D eigenvalue weighted by Gasteiger charge is 2.22. The minimum Gasteiger partial charge on any atom is -0.393 e. The van der Waals surface area contributed by atoms with Gasteiger partial charge in [-0.3, -0.25) is 0 Å². The largest absolute Gasteiger partial charge is 0.393 e. The molecule has 3 N–H and O–H groups in total. The van der Waals surface area contributed by atoms with Crippen LogP contribution in [0, 0.1) is 5.92 Å². The van der Waals surface area contributed by atoms with E-state index in [2.05, 4.69) is 5.32 Å². The third-order valence-electron chi connectivity index (χ3n) is 3.48. The highest BCUT2D eigenvalue weighted by Crippen LogP contribution is 2.24. The molecule has 0 amide bonds. The summed E-state index contributed by atoms with van der Waals surface area (Å²) in [7, 11) is 0. The van der Waals surface area contributed by atoms with Crippen molar-refractivity contribution in [3.8, 4) is 0 Å². The van der Waals surface area contributed by atoms with E-state index in [9.17, 15) is 10.2 Å². The van der Waals surface area contributed by atoms with Gasteiger partial charge in [-0.1, -0.05) is 18.9 Å². The van der Waals surface area contributed by atoms with Gasteiger partial charge in [-0.25, -0.2) is 0 Å². The van der Waals surface area contributed by atoms with Gasteiger partial charge < -0.3 is 15.5 Å². The molecule has 0 spiro atoms.